The molecule has 1 aromatic carbocycles. The molecule has 2 aliphatic carbocycles. The summed E-state index contributed by atoms with van der Waals surface area (Å²) in [7, 11) is 0. The van der Waals surface area contributed by atoms with E-state index in [0.29, 0.717) is 6.61 Å². The molecule has 0 amide bonds. The zero-order chi connectivity index (χ0) is 14.8. The quantitative estimate of drug-likeness (QED) is 0.737. The summed E-state index contributed by atoms with van der Waals surface area (Å²) in [5.74, 6) is 1.02. The van der Waals surface area contributed by atoms with Crippen molar-refractivity contribution in [3.63, 3.8) is 0 Å². The van der Waals surface area contributed by atoms with E-state index in [1.807, 2.05) is 0 Å². The Kier molecular flexibility index (Phi) is 4.26. The molecule has 2 heteroatoms. The zero-order valence-electron chi connectivity index (χ0n) is 13.5. The lowest BCUT2D eigenvalue weighted by Gasteiger charge is -2.28. The fourth-order valence-corrected chi connectivity index (χ4v) is 3.73. The van der Waals surface area contributed by atoms with Crippen LogP contribution in [0.5, 0.6) is 5.75 Å². The highest BCUT2D eigenvalue weighted by molar-refractivity contribution is 5.33. The largest absolute Gasteiger partial charge is 0.487 e. The topological polar surface area (TPSA) is 18.5 Å². The Balaban J connectivity index is 1.67. The van der Waals surface area contributed by atoms with Gasteiger partial charge in [-0.05, 0) is 58.4 Å². The molecule has 0 atom stereocenters. The van der Waals surface area contributed by atoms with E-state index in [-0.39, 0.29) is 11.2 Å². The zero-order valence-corrected chi connectivity index (χ0v) is 13.5. The Labute approximate surface area is 128 Å². The summed E-state index contributed by atoms with van der Waals surface area (Å²) in [6.45, 7) is 5.17. The van der Waals surface area contributed by atoms with Crippen molar-refractivity contribution in [3.8, 4) is 5.75 Å². The lowest BCUT2D eigenvalue weighted by atomic mass is 10.0. The van der Waals surface area contributed by atoms with Crippen molar-refractivity contribution < 1.29 is 9.47 Å². The van der Waals surface area contributed by atoms with Gasteiger partial charge in [0.05, 0.1) is 12.2 Å². The molecule has 0 N–H and O–H groups in total. The highest BCUT2D eigenvalue weighted by atomic mass is 16.5. The van der Waals surface area contributed by atoms with Crippen molar-refractivity contribution >= 4 is 0 Å². The summed E-state index contributed by atoms with van der Waals surface area (Å²) in [4.78, 5) is 0. The number of ether oxygens (including phenoxy) is 2. The van der Waals surface area contributed by atoms with Gasteiger partial charge in [-0.25, -0.2) is 0 Å². The molecular weight excluding hydrogens is 260 g/mol. The van der Waals surface area contributed by atoms with Crippen LogP contribution in [0.15, 0.2) is 24.3 Å². The van der Waals surface area contributed by atoms with E-state index in [2.05, 4.69) is 38.1 Å². The summed E-state index contributed by atoms with van der Waals surface area (Å²) >= 11 is 0. The monoisotopic (exact) mass is 288 g/mol. The van der Waals surface area contributed by atoms with Gasteiger partial charge in [0.25, 0.3) is 0 Å². The van der Waals surface area contributed by atoms with Crippen molar-refractivity contribution in [1.29, 1.82) is 0 Å². The summed E-state index contributed by atoms with van der Waals surface area (Å²) in [6, 6.07) is 8.39. The van der Waals surface area contributed by atoms with Crippen LogP contribution in [-0.2, 0) is 11.3 Å². The molecule has 0 saturated heterocycles. The Bertz CT molecular complexity index is 468. The van der Waals surface area contributed by atoms with Gasteiger partial charge in [0.2, 0.25) is 0 Å². The van der Waals surface area contributed by atoms with Gasteiger partial charge in [0, 0.05) is 5.56 Å². The Hall–Kier alpha value is -1.02. The van der Waals surface area contributed by atoms with Gasteiger partial charge in [-0.3, -0.25) is 0 Å². The van der Waals surface area contributed by atoms with E-state index in [0.717, 1.165) is 5.75 Å². The minimum absolute atomic E-state index is 0.0212. The Morgan fingerprint density at radius 1 is 0.857 bits per heavy atom. The average molecular weight is 288 g/mol. The third kappa shape index (κ3) is 3.60. The van der Waals surface area contributed by atoms with E-state index >= 15 is 0 Å². The van der Waals surface area contributed by atoms with Crippen LogP contribution in [0, 0.1) is 0 Å². The molecule has 116 valence electrons. The predicted molar refractivity (Wildman–Crippen MR) is 85.6 cm³/mol. The molecule has 3 rings (SSSR count). The molecule has 0 spiro atoms. The maximum atomic E-state index is 6.36. The Morgan fingerprint density at radius 2 is 1.43 bits per heavy atom. The molecule has 0 heterocycles. The number of benzene rings is 1. The molecule has 0 unspecified atom stereocenters. The standard InChI is InChI=1S/C19H28O2/c1-18(11-5-6-12-18)20-15-16-9-3-4-10-17(16)21-19(2)13-7-8-14-19/h3-4,9-10H,5-8,11-15H2,1-2H3. The summed E-state index contributed by atoms with van der Waals surface area (Å²) in [5.41, 5.74) is 1.29. The first kappa shape index (κ1) is 14.9. The van der Waals surface area contributed by atoms with Gasteiger partial charge in [0.15, 0.2) is 0 Å². The summed E-state index contributed by atoms with van der Waals surface area (Å²) < 4.78 is 12.6. The minimum atomic E-state index is 0.0212. The minimum Gasteiger partial charge on any atom is -0.487 e. The molecule has 0 aliphatic heterocycles. The summed E-state index contributed by atoms with van der Waals surface area (Å²) in [6.07, 6.45) is 9.88. The van der Waals surface area contributed by atoms with Crippen molar-refractivity contribution in [3.05, 3.63) is 29.8 Å². The lowest BCUT2D eigenvalue weighted by Crippen LogP contribution is -2.29. The van der Waals surface area contributed by atoms with Crippen LogP contribution in [-0.4, -0.2) is 11.2 Å². The molecule has 2 nitrogen and oxygen atoms in total. The van der Waals surface area contributed by atoms with Crippen molar-refractivity contribution in [2.75, 3.05) is 0 Å². The van der Waals surface area contributed by atoms with Crippen LogP contribution in [0.1, 0.15) is 70.8 Å². The van der Waals surface area contributed by atoms with E-state index in [4.69, 9.17) is 9.47 Å². The predicted octanol–water partition coefficient (Wildman–Crippen LogP) is 5.25. The summed E-state index contributed by atoms with van der Waals surface area (Å²) in [5, 5.41) is 0. The normalized spacial score (nSPS) is 23.3. The molecule has 21 heavy (non-hydrogen) atoms. The van der Waals surface area contributed by atoms with Crippen molar-refractivity contribution in [2.45, 2.75) is 83.0 Å². The SMILES string of the molecule is CC1(OCc2ccccc2OC2(C)CCCC2)CCCC1. The van der Waals surface area contributed by atoms with E-state index in [9.17, 15) is 0 Å². The fraction of sp³-hybridized carbons (Fsp3) is 0.684. The number of rotatable bonds is 5. The van der Waals surface area contributed by atoms with Gasteiger partial charge in [0.1, 0.15) is 11.4 Å². The smallest absolute Gasteiger partial charge is 0.125 e. The number of hydrogen-bond acceptors (Lipinski definition) is 2. The molecule has 0 aromatic heterocycles. The third-order valence-electron chi connectivity index (χ3n) is 5.23. The van der Waals surface area contributed by atoms with E-state index < -0.39 is 0 Å². The van der Waals surface area contributed by atoms with Crippen LogP contribution >= 0.6 is 0 Å². The maximum Gasteiger partial charge on any atom is 0.125 e. The van der Waals surface area contributed by atoms with Crippen LogP contribution in [0.4, 0.5) is 0 Å². The van der Waals surface area contributed by atoms with Gasteiger partial charge in [-0.2, -0.15) is 0 Å². The number of para-hydroxylation sites is 1. The first-order valence-electron chi connectivity index (χ1n) is 8.50. The van der Waals surface area contributed by atoms with Crippen molar-refractivity contribution in [2.24, 2.45) is 0 Å². The molecular formula is C19H28O2. The van der Waals surface area contributed by atoms with Crippen LogP contribution in [0.2, 0.25) is 0 Å². The molecule has 2 aliphatic rings. The molecule has 2 saturated carbocycles. The van der Waals surface area contributed by atoms with E-state index in [1.165, 1.54) is 56.9 Å². The highest BCUT2D eigenvalue weighted by Gasteiger charge is 2.32. The molecule has 0 bridgehead atoms. The van der Waals surface area contributed by atoms with Gasteiger partial charge in [-0.1, -0.05) is 31.0 Å². The lowest BCUT2D eigenvalue weighted by molar-refractivity contribution is -0.0393. The Morgan fingerprint density at radius 3 is 2.10 bits per heavy atom. The second-order valence-electron chi connectivity index (χ2n) is 7.31. The van der Waals surface area contributed by atoms with Gasteiger partial charge >= 0.3 is 0 Å². The first-order valence-corrected chi connectivity index (χ1v) is 8.50. The van der Waals surface area contributed by atoms with Gasteiger partial charge < -0.3 is 9.47 Å². The van der Waals surface area contributed by atoms with Crippen molar-refractivity contribution in [1.82, 2.24) is 0 Å². The van der Waals surface area contributed by atoms with Crippen LogP contribution in [0.3, 0.4) is 0 Å². The average Bonchev–Trinajstić information content (AvgIpc) is 3.08. The molecule has 1 aromatic rings. The highest BCUT2D eigenvalue weighted by Crippen LogP contribution is 2.37. The number of hydrogen-bond donors (Lipinski definition) is 0. The second-order valence-corrected chi connectivity index (χ2v) is 7.31. The van der Waals surface area contributed by atoms with Crippen LogP contribution in [0.25, 0.3) is 0 Å². The first-order chi connectivity index (χ1) is 10.1. The van der Waals surface area contributed by atoms with E-state index in [1.54, 1.807) is 0 Å². The molecule has 2 fully saturated rings. The fourth-order valence-electron chi connectivity index (χ4n) is 3.73. The van der Waals surface area contributed by atoms with Crippen LogP contribution < -0.4 is 4.74 Å². The molecule has 0 radical (unpaired) electrons. The maximum absolute atomic E-state index is 6.36. The third-order valence-corrected chi connectivity index (χ3v) is 5.23. The van der Waals surface area contributed by atoms with Gasteiger partial charge in [-0.15, -0.1) is 0 Å². The second kappa shape index (κ2) is 6.00.